The second-order valence-corrected chi connectivity index (χ2v) is 7.93. The molecule has 2 saturated heterocycles. The van der Waals surface area contributed by atoms with Crippen LogP contribution < -0.4 is 10.2 Å². The maximum Gasteiger partial charge on any atom is 0.317 e. The third kappa shape index (κ3) is 5.71. The van der Waals surface area contributed by atoms with E-state index in [1.54, 1.807) is 0 Å². The lowest BCUT2D eigenvalue weighted by Crippen LogP contribution is -2.45. The van der Waals surface area contributed by atoms with E-state index >= 15 is 0 Å². The Bertz CT molecular complexity index is 629. The second-order valence-electron chi connectivity index (χ2n) is 7.93. The number of rotatable bonds is 7. The summed E-state index contributed by atoms with van der Waals surface area (Å²) < 4.78 is 0. The van der Waals surface area contributed by atoms with Crippen molar-refractivity contribution in [3.05, 3.63) is 30.3 Å². The molecule has 0 spiro atoms. The number of urea groups is 1. The van der Waals surface area contributed by atoms with Gasteiger partial charge < -0.3 is 20.0 Å². The highest BCUT2D eigenvalue weighted by atomic mass is 16.2. The summed E-state index contributed by atoms with van der Waals surface area (Å²) in [4.78, 5) is 31.1. The number of likely N-dealkylation sites (tertiary alicyclic amines) is 1. The van der Waals surface area contributed by atoms with Gasteiger partial charge in [0, 0.05) is 50.7 Å². The number of hydrogen-bond acceptors (Lipinski definition) is 3. The predicted octanol–water partition coefficient (Wildman–Crippen LogP) is 2.95. The molecule has 1 aromatic carbocycles. The fourth-order valence-electron chi connectivity index (χ4n) is 4.14. The lowest BCUT2D eigenvalue weighted by molar-refractivity contribution is -0.117. The van der Waals surface area contributed by atoms with Crippen molar-refractivity contribution in [3.8, 4) is 0 Å². The molecule has 0 bridgehead atoms. The van der Waals surface area contributed by atoms with Crippen LogP contribution in [-0.2, 0) is 4.79 Å². The van der Waals surface area contributed by atoms with Gasteiger partial charge in [-0.2, -0.15) is 0 Å². The smallest absolute Gasteiger partial charge is 0.317 e. The molecule has 1 atom stereocenters. The Morgan fingerprint density at radius 1 is 1.14 bits per heavy atom. The van der Waals surface area contributed by atoms with Gasteiger partial charge in [0.25, 0.3) is 0 Å². The normalized spacial score (nSPS) is 20.8. The van der Waals surface area contributed by atoms with Crippen molar-refractivity contribution in [2.45, 2.75) is 39.0 Å². The summed E-state index contributed by atoms with van der Waals surface area (Å²) in [6, 6.07) is 9.75. The van der Waals surface area contributed by atoms with Gasteiger partial charge in [0.05, 0.1) is 0 Å². The molecule has 1 aromatic rings. The van der Waals surface area contributed by atoms with E-state index < -0.39 is 0 Å². The molecule has 0 aliphatic carbocycles. The molecule has 0 saturated carbocycles. The van der Waals surface area contributed by atoms with Crippen LogP contribution >= 0.6 is 0 Å². The lowest BCUT2D eigenvalue weighted by atomic mass is 10.1. The maximum absolute atomic E-state index is 12.6. The fraction of sp³-hybridized carbons (Fsp3) is 0.636. The van der Waals surface area contributed by atoms with Crippen LogP contribution in [0, 0.1) is 5.92 Å². The number of benzene rings is 1. The van der Waals surface area contributed by atoms with Crippen LogP contribution in [0.4, 0.5) is 10.5 Å². The zero-order valence-corrected chi connectivity index (χ0v) is 17.1. The minimum atomic E-state index is -0.0112. The Labute approximate surface area is 168 Å². The molecule has 28 heavy (non-hydrogen) atoms. The monoisotopic (exact) mass is 386 g/mol. The largest absolute Gasteiger partial charge is 0.338 e. The van der Waals surface area contributed by atoms with Crippen molar-refractivity contribution in [2.75, 3.05) is 50.7 Å². The van der Waals surface area contributed by atoms with E-state index in [2.05, 4.69) is 10.2 Å². The van der Waals surface area contributed by atoms with Crippen LogP contribution in [0.2, 0.25) is 0 Å². The molecule has 0 aromatic heterocycles. The van der Waals surface area contributed by atoms with E-state index in [0.717, 1.165) is 31.9 Å². The van der Waals surface area contributed by atoms with Crippen molar-refractivity contribution >= 4 is 17.6 Å². The minimum absolute atomic E-state index is 0.0112. The molecule has 2 heterocycles. The van der Waals surface area contributed by atoms with Gasteiger partial charge in [0.1, 0.15) is 0 Å². The molecule has 3 rings (SSSR count). The molecule has 1 N–H and O–H groups in total. The highest BCUT2D eigenvalue weighted by Gasteiger charge is 2.30. The number of anilines is 1. The van der Waals surface area contributed by atoms with Crippen LogP contribution in [0.1, 0.15) is 39.0 Å². The van der Waals surface area contributed by atoms with E-state index in [0.29, 0.717) is 26.1 Å². The molecule has 6 nitrogen and oxygen atoms in total. The van der Waals surface area contributed by atoms with Gasteiger partial charge in [0.2, 0.25) is 5.91 Å². The topological polar surface area (TPSA) is 55.9 Å². The molecule has 6 heteroatoms. The zero-order chi connectivity index (χ0) is 19.8. The van der Waals surface area contributed by atoms with E-state index in [-0.39, 0.29) is 17.9 Å². The number of nitrogens with zero attached hydrogens (tertiary/aromatic N) is 3. The van der Waals surface area contributed by atoms with E-state index in [4.69, 9.17) is 0 Å². The molecule has 2 aliphatic heterocycles. The Kier molecular flexibility index (Phi) is 7.71. The van der Waals surface area contributed by atoms with E-state index in [1.807, 2.05) is 47.1 Å². The van der Waals surface area contributed by atoms with Crippen LogP contribution in [0.15, 0.2) is 30.3 Å². The SMILES string of the molecule is CCN(CCN1CCCCCC1)C(=O)NC[C@@H]1CC(=O)N(c2ccccc2)C1. The van der Waals surface area contributed by atoms with E-state index in [9.17, 15) is 9.59 Å². The summed E-state index contributed by atoms with van der Waals surface area (Å²) in [5, 5.41) is 3.06. The van der Waals surface area contributed by atoms with Crippen molar-refractivity contribution < 1.29 is 9.59 Å². The van der Waals surface area contributed by atoms with E-state index in [1.165, 1.54) is 25.7 Å². The molecule has 0 unspecified atom stereocenters. The van der Waals surface area contributed by atoms with Gasteiger partial charge in [-0.25, -0.2) is 4.79 Å². The summed E-state index contributed by atoms with van der Waals surface area (Å²) in [6.07, 6.45) is 5.69. The van der Waals surface area contributed by atoms with Gasteiger partial charge in [-0.3, -0.25) is 4.79 Å². The fourth-order valence-corrected chi connectivity index (χ4v) is 4.14. The first-order valence-corrected chi connectivity index (χ1v) is 10.8. The Morgan fingerprint density at radius 3 is 2.54 bits per heavy atom. The van der Waals surface area contributed by atoms with Gasteiger partial charge >= 0.3 is 6.03 Å². The average molecular weight is 387 g/mol. The second kappa shape index (κ2) is 10.5. The van der Waals surface area contributed by atoms with Gasteiger partial charge in [-0.1, -0.05) is 31.0 Å². The highest BCUT2D eigenvalue weighted by molar-refractivity contribution is 5.95. The molecule has 154 valence electrons. The zero-order valence-electron chi connectivity index (χ0n) is 17.1. The number of para-hydroxylation sites is 1. The first kappa shape index (κ1) is 20.6. The first-order valence-electron chi connectivity index (χ1n) is 10.8. The molecular weight excluding hydrogens is 352 g/mol. The number of amides is 3. The highest BCUT2D eigenvalue weighted by Crippen LogP contribution is 2.24. The summed E-state index contributed by atoms with van der Waals surface area (Å²) >= 11 is 0. The number of carbonyl (C=O) groups excluding carboxylic acids is 2. The van der Waals surface area contributed by atoms with Crippen molar-refractivity contribution in [2.24, 2.45) is 5.92 Å². The minimum Gasteiger partial charge on any atom is -0.338 e. The Hall–Kier alpha value is -2.08. The van der Waals surface area contributed by atoms with Gasteiger partial charge in [-0.05, 0) is 45.0 Å². The summed E-state index contributed by atoms with van der Waals surface area (Å²) in [7, 11) is 0. The number of hydrogen-bond donors (Lipinski definition) is 1. The first-order chi connectivity index (χ1) is 13.7. The summed E-state index contributed by atoms with van der Waals surface area (Å²) in [6.45, 7) is 7.97. The lowest BCUT2D eigenvalue weighted by Gasteiger charge is -2.26. The van der Waals surface area contributed by atoms with Crippen LogP contribution in [-0.4, -0.2) is 67.6 Å². The van der Waals surface area contributed by atoms with Crippen molar-refractivity contribution in [3.63, 3.8) is 0 Å². The number of carbonyl (C=O) groups is 2. The third-order valence-corrected chi connectivity index (χ3v) is 5.87. The summed E-state index contributed by atoms with van der Waals surface area (Å²) in [5.41, 5.74) is 0.939. The third-order valence-electron chi connectivity index (χ3n) is 5.87. The number of likely N-dealkylation sites (N-methyl/N-ethyl adjacent to an activating group) is 1. The van der Waals surface area contributed by atoms with Gasteiger partial charge in [0.15, 0.2) is 0 Å². The Morgan fingerprint density at radius 2 is 1.86 bits per heavy atom. The van der Waals surface area contributed by atoms with Crippen LogP contribution in [0.3, 0.4) is 0 Å². The van der Waals surface area contributed by atoms with Crippen LogP contribution in [0.5, 0.6) is 0 Å². The molecular formula is C22H34N4O2. The Balaban J connectivity index is 1.42. The molecule has 3 amide bonds. The molecule has 2 fully saturated rings. The average Bonchev–Trinajstić information content (AvgIpc) is 2.91. The molecule has 0 radical (unpaired) electrons. The molecule has 2 aliphatic rings. The maximum atomic E-state index is 12.6. The predicted molar refractivity (Wildman–Crippen MR) is 112 cm³/mol. The van der Waals surface area contributed by atoms with Crippen molar-refractivity contribution in [1.82, 2.24) is 15.1 Å². The number of nitrogens with one attached hydrogen (secondary N) is 1. The standard InChI is InChI=1S/C22H34N4O2/c1-2-25(15-14-24-12-8-3-4-9-13-24)22(28)23-17-19-16-21(27)26(18-19)20-10-6-5-7-11-20/h5-7,10-11,19H,2-4,8-9,12-18H2,1H3,(H,23,28)/t19-/m0/s1. The van der Waals surface area contributed by atoms with Crippen LogP contribution in [0.25, 0.3) is 0 Å². The summed E-state index contributed by atoms with van der Waals surface area (Å²) in [5.74, 6) is 0.305. The van der Waals surface area contributed by atoms with Crippen molar-refractivity contribution in [1.29, 1.82) is 0 Å². The van der Waals surface area contributed by atoms with Gasteiger partial charge in [-0.15, -0.1) is 0 Å². The quantitative estimate of drug-likeness (QED) is 0.784.